The average Bonchev–Trinajstić information content (AvgIpc) is 3.45. The van der Waals surface area contributed by atoms with Crippen molar-refractivity contribution in [2.75, 3.05) is 10.8 Å². The quantitative estimate of drug-likeness (QED) is 0.274. The van der Waals surface area contributed by atoms with Crippen molar-refractivity contribution in [2.45, 2.75) is 76.4 Å². The second-order valence-corrected chi connectivity index (χ2v) is 13.5. The van der Waals surface area contributed by atoms with E-state index in [1.807, 2.05) is 45.0 Å². The summed E-state index contributed by atoms with van der Waals surface area (Å²) in [6.45, 7) is 5.49. The van der Waals surface area contributed by atoms with E-state index in [2.05, 4.69) is 21.2 Å². The summed E-state index contributed by atoms with van der Waals surface area (Å²) in [5.41, 5.74) is 3.23. The molecule has 1 fully saturated rings. The molecule has 2 amide bonds. The van der Waals surface area contributed by atoms with Crippen molar-refractivity contribution in [3.05, 3.63) is 94.0 Å². The zero-order valence-electron chi connectivity index (χ0n) is 23.8. The third kappa shape index (κ3) is 7.77. The van der Waals surface area contributed by atoms with Crippen LogP contribution in [0.5, 0.6) is 0 Å². The average molecular weight is 641 g/mol. The Labute approximate surface area is 252 Å². The minimum Gasteiger partial charge on any atom is -0.352 e. The first-order valence-corrected chi connectivity index (χ1v) is 16.3. The van der Waals surface area contributed by atoms with E-state index in [4.69, 9.17) is 0 Å². The highest BCUT2D eigenvalue weighted by atomic mass is 79.9. The number of anilines is 1. The number of benzene rings is 3. The van der Waals surface area contributed by atoms with Crippen molar-refractivity contribution in [1.82, 2.24) is 10.2 Å². The van der Waals surface area contributed by atoms with Gasteiger partial charge in [0.15, 0.2) is 0 Å². The number of hydrogen-bond donors (Lipinski definition) is 1. The minimum atomic E-state index is -4.10. The lowest BCUT2D eigenvalue weighted by molar-refractivity contribution is -0.140. The summed E-state index contributed by atoms with van der Waals surface area (Å²) < 4.78 is 29.8. The Balaban J connectivity index is 1.71. The minimum absolute atomic E-state index is 0.0898. The molecule has 41 heavy (non-hydrogen) atoms. The van der Waals surface area contributed by atoms with E-state index in [1.165, 1.54) is 4.90 Å². The van der Waals surface area contributed by atoms with E-state index in [9.17, 15) is 18.0 Å². The van der Waals surface area contributed by atoms with Gasteiger partial charge in [0, 0.05) is 17.1 Å². The Hall–Kier alpha value is -3.17. The number of carbonyl (C=O) groups excluding carboxylic acids is 2. The molecule has 1 saturated carbocycles. The lowest BCUT2D eigenvalue weighted by Gasteiger charge is -2.34. The maximum absolute atomic E-state index is 14.2. The number of carbonyl (C=O) groups is 2. The lowest BCUT2D eigenvalue weighted by Crippen LogP contribution is -2.53. The molecule has 0 spiro atoms. The number of sulfonamides is 1. The number of hydrogen-bond acceptors (Lipinski definition) is 4. The summed E-state index contributed by atoms with van der Waals surface area (Å²) in [6, 6.07) is 20.6. The van der Waals surface area contributed by atoms with Gasteiger partial charge in [0.2, 0.25) is 11.8 Å². The largest absolute Gasteiger partial charge is 0.352 e. The van der Waals surface area contributed by atoms with E-state index < -0.39 is 28.5 Å². The topological polar surface area (TPSA) is 86.8 Å². The number of nitrogens with zero attached hydrogens (tertiary/aromatic N) is 2. The molecule has 0 aliphatic heterocycles. The fourth-order valence-corrected chi connectivity index (χ4v) is 6.97. The van der Waals surface area contributed by atoms with Crippen molar-refractivity contribution >= 4 is 43.5 Å². The zero-order chi connectivity index (χ0) is 29.6. The van der Waals surface area contributed by atoms with E-state index in [0.29, 0.717) is 16.6 Å². The van der Waals surface area contributed by atoms with Crippen LogP contribution in [0.25, 0.3) is 0 Å². The summed E-state index contributed by atoms with van der Waals surface area (Å²) in [5.74, 6) is -0.648. The second kappa shape index (κ2) is 13.7. The van der Waals surface area contributed by atoms with Gasteiger partial charge >= 0.3 is 0 Å². The lowest BCUT2D eigenvalue weighted by atomic mass is 10.1. The maximum atomic E-state index is 14.2. The molecular formula is C32H38BrN3O4S. The molecule has 3 aromatic carbocycles. The molecule has 7 nitrogen and oxygen atoms in total. The third-order valence-electron chi connectivity index (χ3n) is 7.55. The molecule has 0 saturated heterocycles. The van der Waals surface area contributed by atoms with Crippen LogP contribution in [0, 0.1) is 13.8 Å². The van der Waals surface area contributed by atoms with Crippen LogP contribution in [0.15, 0.2) is 82.2 Å². The van der Waals surface area contributed by atoms with Crippen LogP contribution in [-0.2, 0) is 26.2 Å². The fourth-order valence-electron chi connectivity index (χ4n) is 5.17. The highest BCUT2D eigenvalue weighted by molar-refractivity contribution is 9.10. The number of aryl methyl sites for hydroxylation is 2. The van der Waals surface area contributed by atoms with Crippen LogP contribution >= 0.6 is 15.9 Å². The van der Waals surface area contributed by atoms with Gasteiger partial charge in [-0.3, -0.25) is 13.9 Å². The Bertz CT molecular complexity index is 1450. The van der Waals surface area contributed by atoms with E-state index in [0.717, 1.165) is 46.7 Å². The molecule has 0 aromatic heterocycles. The zero-order valence-corrected chi connectivity index (χ0v) is 26.2. The van der Waals surface area contributed by atoms with Gasteiger partial charge in [-0.05, 0) is 69.0 Å². The van der Waals surface area contributed by atoms with Crippen LogP contribution in [0.2, 0.25) is 0 Å². The number of rotatable bonds is 11. The Morgan fingerprint density at radius 3 is 2.15 bits per heavy atom. The summed E-state index contributed by atoms with van der Waals surface area (Å²) in [6.07, 6.45) is 4.41. The molecule has 3 aromatic rings. The Morgan fingerprint density at radius 1 is 0.951 bits per heavy atom. The number of halogens is 1. The van der Waals surface area contributed by atoms with Crippen LogP contribution in [-0.4, -0.2) is 43.8 Å². The SMILES string of the molecule is CCC(C(=O)NC1CCCC1)N(Cc1ccc(C)cc1)C(=O)CN(c1cccc(Br)c1)S(=O)(=O)c1ccc(C)cc1. The molecule has 1 aliphatic rings. The molecule has 1 N–H and O–H groups in total. The normalized spacial score (nSPS) is 14.4. The summed E-state index contributed by atoms with van der Waals surface area (Å²) in [7, 11) is -4.10. The first-order valence-electron chi connectivity index (χ1n) is 14.1. The van der Waals surface area contributed by atoms with Crippen molar-refractivity contribution in [2.24, 2.45) is 0 Å². The number of nitrogens with one attached hydrogen (secondary N) is 1. The first kappa shape index (κ1) is 30.8. The molecule has 4 rings (SSSR count). The molecule has 1 unspecified atom stereocenters. The third-order valence-corrected chi connectivity index (χ3v) is 9.83. The molecule has 218 valence electrons. The molecule has 1 aliphatic carbocycles. The summed E-state index contributed by atoms with van der Waals surface area (Å²) in [4.78, 5) is 29.3. The van der Waals surface area contributed by atoms with E-state index in [1.54, 1.807) is 48.5 Å². The standard InChI is InChI=1S/C32H38BrN3O4S/c1-4-30(32(38)34-27-9-5-6-10-27)35(21-25-16-12-23(2)13-17-25)31(37)22-36(28-11-7-8-26(33)20-28)41(39,40)29-18-14-24(3)15-19-29/h7-8,11-20,27,30H,4-6,9-10,21-22H2,1-3H3,(H,34,38). The van der Waals surface area contributed by atoms with Gasteiger partial charge in [-0.15, -0.1) is 0 Å². The molecule has 1 atom stereocenters. The van der Waals surface area contributed by atoms with Gasteiger partial charge in [0.1, 0.15) is 12.6 Å². The van der Waals surface area contributed by atoms with Crippen LogP contribution in [0.1, 0.15) is 55.7 Å². The molecule has 9 heteroatoms. The van der Waals surface area contributed by atoms with Crippen LogP contribution in [0.4, 0.5) is 5.69 Å². The molecule has 0 heterocycles. The molecule has 0 bridgehead atoms. The second-order valence-electron chi connectivity index (χ2n) is 10.7. The van der Waals surface area contributed by atoms with Crippen molar-refractivity contribution in [3.8, 4) is 0 Å². The van der Waals surface area contributed by atoms with Gasteiger partial charge in [-0.2, -0.15) is 0 Å². The van der Waals surface area contributed by atoms with Crippen LogP contribution in [0.3, 0.4) is 0 Å². The van der Waals surface area contributed by atoms with E-state index in [-0.39, 0.29) is 23.4 Å². The predicted molar refractivity (Wildman–Crippen MR) is 166 cm³/mol. The Morgan fingerprint density at radius 2 is 1.56 bits per heavy atom. The van der Waals surface area contributed by atoms with Gasteiger partial charge < -0.3 is 10.2 Å². The Kier molecular flexibility index (Phi) is 10.3. The highest BCUT2D eigenvalue weighted by Crippen LogP contribution is 2.27. The summed E-state index contributed by atoms with van der Waals surface area (Å²) >= 11 is 3.43. The first-order chi connectivity index (χ1) is 19.6. The van der Waals surface area contributed by atoms with Crippen molar-refractivity contribution in [3.63, 3.8) is 0 Å². The maximum Gasteiger partial charge on any atom is 0.264 e. The highest BCUT2D eigenvalue weighted by Gasteiger charge is 2.34. The van der Waals surface area contributed by atoms with Gasteiger partial charge in [-0.25, -0.2) is 8.42 Å². The van der Waals surface area contributed by atoms with Crippen molar-refractivity contribution in [1.29, 1.82) is 0 Å². The molecule has 0 radical (unpaired) electrons. The van der Waals surface area contributed by atoms with Crippen LogP contribution < -0.4 is 9.62 Å². The molecular weight excluding hydrogens is 602 g/mol. The van der Waals surface area contributed by atoms with Gasteiger partial charge in [0.05, 0.1) is 10.6 Å². The summed E-state index contributed by atoms with van der Waals surface area (Å²) in [5, 5.41) is 3.14. The van der Waals surface area contributed by atoms with E-state index >= 15 is 0 Å². The van der Waals surface area contributed by atoms with Crippen molar-refractivity contribution < 1.29 is 18.0 Å². The van der Waals surface area contributed by atoms with Gasteiger partial charge in [0.25, 0.3) is 10.0 Å². The van der Waals surface area contributed by atoms with Gasteiger partial charge in [-0.1, -0.05) is 89.3 Å². The monoisotopic (exact) mass is 639 g/mol. The smallest absolute Gasteiger partial charge is 0.264 e. The number of amides is 2. The fraction of sp³-hybridized carbons (Fsp3) is 0.375. The predicted octanol–water partition coefficient (Wildman–Crippen LogP) is 6.13.